The van der Waals surface area contributed by atoms with E-state index in [1.54, 1.807) is 16.2 Å². The number of aromatic nitrogens is 2. The Morgan fingerprint density at radius 2 is 2.11 bits per heavy atom. The van der Waals surface area contributed by atoms with Crippen LogP contribution in [0.3, 0.4) is 0 Å². The molecule has 0 radical (unpaired) electrons. The van der Waals surface area contributed by atoms with Gasteiger partial charge >= 0.3 is 0 Å². The van der Waals surface area contributed by atoms with E-state index in [1.165, 1.54) is 0 Å². The van der Waals surface area contributed by atoms with Gasteiger partial charge in [-0.25, -0.2) is 4.98 Å². The first kappa shape index (κ1) is 25.5. The Hall–Kier alpha value is -3.11. The molecule has 1 amide bonds. The zero-order valence-electron chi connectivity index (χ0n) is 21.8. The van der Waals surface area contributed by atoms with Gasteiger partial charge in [-0.3, -0.25) is 4.79 Å². The van der Waals surface area contributed by atoms with Crippen LogP contribution < -0.4 is 10.9 Å². The third kappa shape index (κ3) is 4.80. The molecule has 4 atom stereocenters. The number of likely N-dealkylation sites (tertiary alicyclic amines) is 1. The SMILES string of the molecule is BBc1cc(C(C(=O)N2CC(O)CC2C2=NOC(C)(c3ccc(-c4scnc4C)cc3)N2)C(C)C)on1. The normalized spacial score (nSPS) is 24.1. The molecule has 4 heterocycles. The second-order valence-corrected chi connectivity index (χ2v) is 11.1. The lowest BCUT2D eigenvalue weighted by atomic mass is 9.53. The van der Waals surface area contributed by atoms with Gasteiger partial charge in [0.1, 0.15) is 18.8 Å². The molecular weight excluding hydrogens is 488 g/mol. The molecule has 0 spiro atoms. The summed E-state index contributed by atoms with van der Waals surface area (Å²) in [4.78, 5) is 26.9. The Kier molecular flexibility index (Phi) is 6.89. The fourth-order valence-corrected chi connectivity index (χ4v) is 5.90. The number of β-amino-alcohol motifs (C(OH)–C–C–N with tert-alkyl or cyclic N) is 1. The molecule has 2 aromatic heterocycles. The zero-order chi connectivity index (χ0) is 26.3. The van der Waals surface area contributed by atoms with Gasteiger partial charge in [0.2, 0.25) is 11.6 Å². The second-order valence-electron chi connectivity index (χ2n) is 10.3. The number of carbonyl (C=O) groups is 1. The van der Waals surface area contributed by atoms with Gasteiger partial charge in [-0.15, -0.1) is 11.3 Å². The molecule has 2 aliphatic rings. The predicted molar refractivity (Wildman–Crippen MR) is 147 cm³/mol. The second kappa shape index (κ2) is 9.98. The molecule has 0 bridgehead atoms. The number of nitrogens with zero attached hydrogens (tertiary/aromatic N) is 4. The van der Waals surface area contributed by atoms with E-state index in [1.807, 2.05) is 59.1 Å². The van der Waals surface area contributed by atoms with Crippen LogP contribution in [-0.4, -0.2) is 65.5 Å². The van der Waals surface area contributed by atoms with E-state index >= 15 is 0 Å². The fraction of sp³-hybridized carbons (Fsp3) is 0.440. The van der Waals surface area contributed by atoms with E-state index in [0.717, 1.165) is 34.5 Å². The van der Waals surface area contributed by atoms with Crippen molar-refractivity contribution in [2.75, 3.05) is 6.54 Å². The Labute approximate surface area is 221 Å². The average molecular weight is 519 g/mol. The van der Waals surface area contributed by atoms with Gasteiger partial charge in [0.15, 0.2) is 5.84 Å². The van der Waals surface area contributed by atoms with Crippen molar-refractivity contribution < 1.29 is 19.3 Å². The van der Waals surface area contributed by atoms with E-state index < -0.39 is 23.8 Å². The Morgan fingerprint density at radius 1 is 1.35 bits per heavy atom. The zero-order valence-corrected chi connectivity index (χ0v) is 22.6. The summed E-state index contributed by atoms with van der Waals surface area (Å²) >= 11 is 1.61. The van der Waals surface area contributed by atoms with Crippen molar-refractivity contribution in [1.29, 1.82) is 0 Å². The number of rotatable bonds is 7. The number of aliphatic hydroxyl groups is 1. The number of hydrogen-bond acceptors (Lipinski definition) is 9. The van der Waals surface area contributed by atoms with Crippen LogP contribution in [0.25, 0.3) is 10.4 Å². The van der Waals surface area contributed by atoms with Gasteiger partial charge in [-0.2, -0.15) is 0 Å². The molecule has 1 aromatic carbocycles. The van der Waals surface area contributed by atoms with E-state index in [2.05, 4.69) is 32.7 Å². The van der Waals surface area contributed by atoms with Crippen molar-refractivity contribution >= 4 is 43.6 Å². The van der Waals surface area contributed by atoms with Crippen molar-refractivity contribution in [1.82, 2.24) is 20.4 Å². The van der Waals surface area contributed by atoms with E-state index in [0.29, 0.717) is 18.0 Å². The van der Waals surface area contributed by atoms with Crippen LogP contribution in [-0.2, 0) is 15.4 Å². The van der Waals surface area contributed by atoms with E-state index in [4.69, 9.17) is 9.36 Å². The summed E-state index contributed by atoms with van der Waals surface area (Å²) in [6, 6.07) is 9.54. The maximum atomic E-state index is 13.8. The Balaban J connectivity index is 1.35. The quantitative estimate of drug-likeness (QED) is 0.452. The molecule has 4 unspecified atom stereocenters. The van der Waals surface area contributed by atoms with E-state index in [9.17, 15) is 9.90 Å². The summed E-state index contributed by atoms with van der Waals surface area (Å²) in [5, 5.41) is 22.4. The van der Waals surface area contributed by atoms with Crippen molar-refractivity contribution in [2.45, 2.75) is 57.9 Å². The Morgan fingerprint density at radius 3 is 2.73 bits per heavy atom. The minimum Gasteiger partial charge on any atom is -0.391 e. The molecule has 2 N–H and O–H groups in total. The lowest BCUT2D eigenvalue weighted by molar-refractivity contribution is -0.134. The van der Waals surface area contributed by atoms with Gasteiger partial charge in [0.25, 0.3) is 0 Å². The van der Waals surface area contributed by atoms with Gasteiger partial charge in [0.05, 0.1) is 36.0 Å². The van der Waals surface area contributed by atoms with Crippen LogP contribution in [0.5, 0.6) is 0 Å². The molecule has 0 saturated carbocycles. The molecule has 5 rings (SSSR count). The maximum Gasteiger partial charge on any atom is 0.234 e. The summed E-state index contributed by atoms with van der Waals surface area (Å²) < 4.78 is 5.55. The number of thiazole rings is 1. The number of aryl methyl sites for hydroxylation is 1. The smallest absolute Gasteiger partial charge is 0.234 e. The molecule has 1 saturated heterocycles. The summed E-state index contributed by atoms with van der Waals surface area (Å²) in [7, 11) is 2.73. The van der Waals surface area contributed by atoms with Crippen LogP contribution in [0, 0.1) is 12.8 Å². The first-order valence-electron chi connectivity index (χ1n) is 12.7. The first-order chi connectivity index (χ1) is 17.7. The number of benzene rings is 1. The van der Waals surface area contributed by atoms with Gasteiger partial charge < -0.3 is 24.7 Å². The lowest BCUT2D eigenvalue weighted by Crippen LogP contribution is -2.50. The summed E-state index contributed by atoms with van der Waals surface area (Å²) in [5.41, 5.74) is 4.78. The molecule has 192 valence electrons. The largest absolute Gasteiger partial charge is 0.391 e. The minimum atomic E-state index is -0.892. The topological polar surface area (TPSA) is 113 Å². The number of oxime groups is 1. The van der Waals surface area contributed by atoms with Crippen molar-refractivity contribution in [2.24, 2.45) is 11.1 Å². The lowest BCUT2D eigenvalue weighted by Gasteiger charge is -2.30. The summed E-state index contributed by atoms with van der Waals surface area (Å²) in [6.07, 6.45) is -0.275. The molecule has 3 aromatic rings. The van der Waals surface area contributed by atoms with Crippen LogP contribution in [0.1, 0.15) is 50.1 Å². The van der Waals surface area contributed by atoms with Crippen molar-refractivity contribution in [3.63, 3.8) is 0 Å². The van der Waals surface area contributed by atoms with Crippen LogP contribution in [0.15, 0.2) is 45.5 Å². The molecular formula is C25H31B2N5O4S. The first-order valence-corrected chi connectivity index (χ1v) is 13.6. The number of aliphatic hydroxyl groups excluding tert-OH is 1. The van der Waals surface area contributed by atoms with Crippen molar-refractivity contribution in [3.8, 4) is 10.4 Å². The van der Waals surface area contributed by atoms with Gasteiger partial charge in [0, 0.05) is 31.0 Å². The number of carbonyl (C=O) groups excluding carboxylic acids is 1. The Bertz CT molecular complexity index is 1310. The standard InChI is InChI=1S/C25H31B2N5O4S/c1-13(2)21(19-10-20(27-26)30-35-19)24(34)32-11-17(33)9-18(32)23-29-25(4,36-31-23)16-7-5-15(6-8-16)22-14(3)28-12-37-22/h5-8,10,12-13,17-18,21,27,33H,9,11,26H2,1-4H3,(H,29,31). The highest BCUT2D eigenvalue weighted by atomic mass is 32.1. The van der Waals surface area contributed by atoms with Crippen LogP contribution >= 0.6 is 11.3 Å². The molecule has 2 aliphatic heterocycles. The number of amidine groups is 1. The summed E-state index contributed by atoms with van der Waals surface area (Å²) in [5.74, 6) is 0.458. The average Bonchev–Trinajstić information content (AvgIpc) is 3.66. The molecule has 37 heavy (non-hydrogen) atoms. The van der Waals surface area contributed by atoms with E-state index in [-0.39, 0.29) is 18.4 Å². The molecule has 1 fully saturated rings. The van der Waals surface area contributed by atoms with Gasteiger partial charge in [-0.1, -0.05) is 48.4 Å². The maximum absolute atomic E-state index is 13.8. The number of amides is 1. The predicted octanol–water partition coefficient (Wildman–Crippen LogP) is 1.22. The molecule has 12 heteroatoms. The van der Waals surface area contributed by atoms with Gasteiger partial charge in [-0.05, 0) is 24.5 Å². The summed E-state index contributed by atoms with van der Waals surface area (Å²) in [6.45, 7) is 8.11. The highest BCUT2D eigenvalue weighted by molar-refractivity contribution is 7.13. The fourth-order valence-electron chi connectivity index (χ4n) is 5.09. The number of nitrogens with one attached hydrogen (secondary N) is 1. The highest BCUT2D eigenvalue weighted by Gasteiger charge is 2.46. The molecule has 0 aliphatic carbocycles. The minimum absolute atomic E-state index is 0.00997. The van der Waals surface area contributed by atoms with Crippen molar-refractivity contribution in [3.05, 3.63) is 52.9 Å². The third-order valence-electron chi connectivity index (χ3n) is 7.19. The van der Waals surface area contributed by atoms with Crippen LogP contribution in [0.2, 0.25) is 0 Å². The highest BCUT2D eigenvalue weighted by Crippen LogP contribution is 2.35. The van der Waals surface area contributed by atoms with Crippen LogP contribution in [0.4, 0.5) is 0 Å². The molecule has 9 nitrogen and oxygen atoms in total. The monoisotopic (exact) mass is 519 g/mol. The number of hydrogen-bond donors (Lipinski definition) is 2. The third-order valence-corrected chi connectivity index (χ3v) is 8.17.